The molecule has 1 aromatic heterocycles. The van der Waals surface area contributed by atoms with E-state index < -0.39 is 0 Å². The molecule has 0 radical (unpaired) electrons. The van der Waals surface area contributed by atoms with Crippen LogP contribution in [0.15, 0.2) is 41.0 Å². The zero-order chi connectivity index (χ0) is 17.3. The van der Waals surface area contributed by atoms with Crippen LogP contribution in [0.25, 0.3) is 11.0 Å². The largest absolute Gasteiger partial charge is 0.504 e. The van der Waals surface area contributed by atoms with E-state index in [9.17, 15) is 9.90 Å². The summed E-state index contributed by atoms with van der Waals surface area (Å²) in [6.45, 7) is 1.49. The molecular weight excluding hydrogens is 332 g/mol. The van der Waals surface area contributed by atoms with Gasteiger partial charge in [-0.2, -0.15) is 0 Å². The molecular formula is C18H15ClO5. The molecule has 1 heterocycles. The molecule has 6 heteroatoms. The van der Waals surface area contributed by atoms with Crippen molar-refractivity contribution in [3.05, 3.63) is 52.7 Å². The Morgan fingerprint density at radius 3 is 2.67 bits per heavy atom. The smallest absolute Gasteiger partial charge is 0.205 e. The lowest BCUT2D eigenvalue weighted by molar-refractivity contribution is 0.101. The maximum Gasteiger partial charge on any atom is 0.205 e. The molecule has 0 fully saturated rings. The summed E-state index contributed by atoms with van der Waals surface area (Å²) in [7, 11) is 1.39. The lowest BCUT2D eigenvalue weighted by Crippen LogP contribution is -2.04. The zero-order valence-electron chi connectivity index (χ0n) is 13.1. The second-order valence-corrected chi connectivity index (χ2v) is 5.59. The third-order valence-electron chi connectivity index (χ3n) is 3.68. The van der Waals surface area contributed by atoms with Gasteiger partial charge in [-0.05, 0) is 19.1 Å². The molecule has 0 amide bonds. The number of rotatable bonds is 5. The van der Waals surface area contributed by atoms with Crippen molar-refractivity contribution >= 4 is 28.4 Å². The fourth-order valence-electron chi connectivity index (χ4n) is 2.56. The molecule has 0 aliphatic rings. The Bertz CT molecular complexity index is 913. The van der Waals surface area contributed by atoms with Crippen LogP contribution < -0.4 is 9.47 Å². The number of aromatic hydroxyl groups is 1. The van der Waals surface area contributed by atoms with E-state index in [1.807, 2.05) is 18.2 Å². The number of benzene rings is 2. The number of carbonyl (C=O) groups is 1. The summed E-state index contributed by atoms with van der Waals surface area (Å²) >= 11 is 6.13. The van der Waals surface area contributed by atoms with Crippen LogP contribution in [0.2, 0.25) is 5.02 Å². The van der Waals surface area contributed by atoms with Gasteiger partial charge in [0.25, 0.3) is 0 Å². The average Bonchev–Trinajstić information content (AvgIpc) is 3.02. The van der Waals surface area contributed by atoms with Crippen molar-refractivity contribution < 1.29 is 23.8 Å². The van der Waals surface area contributed by atoms with Gasteiger partial charge in [0, 0.05) is 10.6 Å². The maximum absolute atomic E-state index is 12.0. The fraction of sp³-hybridized carbons (Fsp3) is 0.167. The number of fused-ring (bicyclic) bond motifs is 1. The van der Waals surface area contributed by atoms with E-state index in [2.05, 4.69) is 0 Å². The van der Waals surface area contributed by atoms with Crippen molar-refractivity contribution in [2.45, 2.75) is 13.5 Å². The summed E-state index contributed by atoms with van der Waals surface area (Å²) in [5, 5.41) is 11.5. The van der Waals surface area contributed by atoms with Crippen molar-refractivity contribution in [2.24, 2.45) is 0 Å². The molecule has 0 unspecified atom stereocenters. The van der Waals surface area contributed by atoms with Crippen LogP contribution in [-0.4, -0.2) is 18.0 Å². The van der Waals surface area contributed by atoms with Gasteiger partial charge < -0.3 is 19.0 Å². The monoisotopic (exact) mass is 346 g/mol. The van der Waals surface area contributed by atoms with Gasteiger partial charge in [0.15, 0.2) is 17.1 Å². The predicted molar refractivity (Wildman–Crippen MR) is 90.2 cm³/mol. The fourth-order valence-corrected chi connectivity index (χ4v) is 2.75. The first kappa shape index (κ1) is 16.2. The Labute approximate surface area is 143 Å². The molecule has 2 aromatic carbocycles. The maximum atomic E-state index is 12.0. The van der Waals surface area contributed by atoms with Crippen LogP contribution >= 0.6 is 11.6 Å². The standard InChI is InChI=1S/C18H15ClO5/c1-10(20)14-15(21)18(22-2)17-12(7-8-23-17)16(14)24-9-11-5-3-4-6-13(11)19/h3-8,21H,9H2,1-2H3. The highest BCUT2D eigenvalue weighted by Gasteiger charge is 2.26. The third kappa shape index (κ3) is 2.67. The topological polar surface area (TPSA) is 68.9 Å². The number of furan rings is 1. The Morgan fingerprint density at radius 2 is 2.00 bits per heavy atom. The summed E-state index contributed by atoms with van der Waals surface area (Å²) in [6.07, 6.45) is 1.44. The van der Waals surface area contributed by atoms with Crippen molar-refractivity contribution in [1.29, 1.82) is 0 Å². The average molecular weight is 347 g/mol. The highest BCUT2D eigenvalue weighted by atomic mass is 35.5. The van der Waals surface area contributed by atoms with Gasteiger partial charge in [0.2, 0.25) is 5.75 Å². The Balaban J connectivity index is 2.12. The van der Waals surface area contributed by atoms with E-state index in [-0.39, 0.29) is 35.2 Å². The van der Waals surface area contributed by atoms with Gasteiger partial charge in [0.1, 0.15) is 17.9 Å². The van der Waals surface area contributed by atoms with E-state index in [1.165, 1.54) is 20.3 Å². The van der Waals surface area contributed by atoms with E-state index >= 15 is 0 Å². The number of halogens is 1. The minimum atomic E-state index is -0.344. The molecule has 0 aliphatic carbocycles. The molecule has 0 saturated heterocycles. The number of carbonyl (C=O) groups excluding carboxylic acids is 1. The molecule has 0 bridgehead atoms. The summed E-state index contributed by atoms with van der Waals surface area (Å²) in [6, 6.07) is 8.90. The Hall–Kier alpha value is -2.66. The van der Waals surface area contributed by atoms with Crippen LogP contribution in [0.4, 0.5) is 0 Å². The first-order valence-electron chi connectivity index (χ1n) is 7.21. The number of Topliss-reactive ketones (excluding diaryl/α,β-unsaturated/α-hetero) is 1. The third-order valence-corrected chi connectivity index (χ3v) is 4.05. The van der Waals surface area contributed by atoms with Gasteiger partial charge in [-0.1, -0.05) is 29.8 Å². The number of hydrogen-bond acceptors (Lipinski definition) is 5. The minimum absolute atomic E-state index is 0.0489. The number of ketones is 1. The molecule has 0 spiro atoms. The van der Waals surface area contributed by atoms with Gasteiger partial charge in [0.05, 0.1) is 18.8 Å². The summed E-state index contributed by atoms with van der Waals surface area (Å²) < 4.78 is 16.4. The Morgan fingerprint density at radius 1 is 1.25 bits per heavy atom. The van der Waals surface area contributed by atoms with Crippen molar-refractivity contribution in [1.82, 2.24) is 0 Å². The van der Waals surface area contributed by atoms with Crippen LogP contribution in [-0.2, 0) is 6.61 Å². The minimum Gasteiger partial charge on any atom is -0.504 e. The molecule has 124 valence electrons. The van der Waals surface area contributed by atoms with Crippen molar-refractivity contribution in [3.8, 4) is 17.2 Å². The van der Waals surface area contributed by atoms with E-state index in [1.54, 1.807) is 12.1 Å². The molecule has 0 aliphatic heterocycles. The normalized spacial score (nSPS) is 10.8. The molecule has 3 rings (SSSR count). The lowest BCUT2D eigenvalue weighted by atomic mass is 10.0. The predicted octanol–water partition coefficient (Wildman–Crippen LogP) is 4.58. The van der Waals surface area contributed by atoms with E-state index in [4.69, 9.17) is 25.5 Å². The van der Waals surface area contributed by atoms with Gasteiger partial charge >= 0.3 is 0 Å². The summed E-state index contributed by atoms with van der Waals surface area (Å²) in [5.74, 6) is -0.306. The van der Waals surface area contributed by atoms with Gasteiger partial charge in [-0.15, -0.1) is 0 Å². The number of methoxy groups -OCH3 is 1. The van der Waals surface area contributed by atoms with E-state index in [0.29, 0.717) is 16.0 Å². The highest BCUT2D eigenvalue weighted by molar-refractivity contribution is 6.31. The molecule has 0 atom stereocenters. The van der Waals surface area contributed by atoms with Crippen molar-refractivity contribution in [2.75, 3.05) is 7.11 Å². The zero-order valence-corrected chi connectivity index (χ0v) is 13.9. The highest BCUT2D eigenvalue weighted by Crippen LogP contribution is 2.46. The molecule has 3 aromatic rings. The second kappa shape index (κ2) is 6.45. The molecule has 0 saturated carbocycles. The second-order valence-electron chi connectivity index (χ2n) is 5.19. The van der Waals surface area contributed by atoms with Crippen LogP contribution in [0.1, 0.15) is 22.8 Å². The van der Waals surface area contributed by atoms with Gasteiger partial charge in [-0.3, -0.25) is 4.79 Å². The first-order valence-corrected chi connectivity index (χ1v) is 7.59. The number of ether oxygens (including phenoxy) is 2. The molecule has 24 heavy (non-hydrogen) atoms. The van der Waals surface area contributed by atoms with Crippen molar-refractivity contribution in [3.63, 3.8) is 0 Å². The number of phenolic OH excluding ortho intramolecular Hbond substituents is 1. The van der Waals surface area contributed by atoms with Crippen LogP contribution in [0, 0.1) is 0 Å². The Kier molecular flexibility index (Phi) is 4.36. The van der Waals surface area contributed by atoms with Gasteiger partial charge in [-0.25, -0.2) is 0 Å². The quantitative estimate of drug-likeness (QED) is 0.685. The van der Waals surface area contributed by atoms with Crippen LogP contribution in [0.5, 0.6) is 17.2 Å². The number of phenols is 1. The summed E-state index contributed by atoms with van der Waals surface area (Å²) in [4.78, 5) is 12.0. The summed E-state index contributed by atoms with van der Waals surface area (Å²) in [5.41, 5.74) is 1.13. The van der Waals surface area contributed by atoms with Crippen LogP contribution in [0.3, 0.4) is 0 Å². The SMILES string of the molecule is COc1c(O)c(C(C)=O)c(OCc2ccccc2Cl)c2ccoc12. The number of hydrogen-bond donors (Lipinski definition) is 1. The molecule has 5 nitrogen and oxygen atoms in total. The lowest BCUT2D eigenvalue weighted by Gasteiger charge is -2.15. The molecule has 1 N–H and O–H groups in total. The van der Waals surface area contributed by atoms with E-state index in [0.717, 1.165) is 5.56 Å². The first-order chi connectivity index (χ1) is 11.5.